The number of carbonyl (C=O) groups excluding carboxylic acids is 1. The van der Waals surface area contributed by atoms with Gasteiger partial charge in [0.25, 0.3) is 5.91 Å². The van der Waals surface area contributed by atoms with Gasteiger partial charge < -0.3 is 15.7 Å². The zero-order chi connectivity index (χ0) is 19.3. The van der Waals surface area contributed by atoms with Gasteiger partial charge in [-0.15, -0.1) is 11.3 Å². The van der Waals surface area contributed by atoms with Crippen molar-refractivity contribution in [1.82, 2.24) is 14.9 Å². The summed E-state index contributed by atoms with van der Waals surface area (Å²) in [5.41, 5.74) is 3.25. The van der Waals surface area contributed by atoms with Crippen LogP contribution >= 0.6 is 11.3 Å². The third-order valence-electron chi connectivity index (χ3n) is 4.32. The number of pyridine rings is 1. The van der Waals surface area contributed by atoms with Crippen molar-refractivity contribution in [3.8, 4) is 11.1 Å². The van der Waals surface area contributed by atoms with Gasteiger partial charge in [0, 0.05) is 11.4 Å². The number of aliphatic hydroxyl groups excluding tert-OH is 1. The lowest BCUT2D eigenvalue weighted by atomic mass is 10.1. The molecule has 0 bridgehead atoms. The molecule has 6 nitrogen and oxygen atoms in total. The number of aromatic nitrogens is 2. The number of rotatable bonds is 7. The molecule has 0 saturated carbocycles. The lowest BCUT2D eigenvalue weighted by molar-refractivity contribution is 0.0946. The van der Waals surface area contributed by atoms with E-state index in [0.29, 0.717) is 18.8 Å². The Kier molecular flexibility index (Phi) is 5.36. The number of hydrogen-bond acceptors (Lipinski definition) is 5. The molecule has 142 valence electrons. The molecule has 3 N–H and O–H groups in total. The van der Waals surface area contributed by atoms with Crippen LogP contribution in [0.15, 0.2) is 66.0 Å². The molecular formula is C21H20N4O2S. The summed E-state index contributed by atoms with van der Waals surface area (Å²) in [5, 5.41) is 21.7. The summed E-state index contributed by atoms with van der Waals surface area (Å²) in [4.78, 5) is 13.6. The Labute approximate surface area is 166 Å². The van der Waals surface area contributed by atoms with Gasteiger partial charge in [0.15, 0.2) is 5.69 Å². The maximum atomic E-state index is 12.5. The number of nitrogens with zero attached hydrogens (tertiary/aromatic N) is 2. The van der Waals surface area contributed by atoms with E-state index in [2.05, 4.69) is 15.7 Å². The molecule has 4 aromatic rings. The van der Waals surface area contributed by atoms with Crippen LogP contribution < -0.4 is 10.6 Å². The van der Waals surface area contributed by atoms with Crippen LogP contribution in [0.1, 0.15) is 15.4 Å². The van der Waals surface area contributed by atoms with Gasteiger partial charge in [0.05, 0.1) is 18.7 Å². The Hall–Kier alpha value is -3.16. The van der Waals surface area contributed by atoms with E-state index in [1.165, 1.54) is 0 Å². The average Bonchev–Trinajstić information content (AvgIpc) is 3.40. The van der Waals surface area contributed by atoms with E-state index in [1.54, 1.807) is 21.9 Å². The summed E-state index contributed by atoms with van der Waals surface area (Å²) < 4.78 is 1.70. The fourth-order valence-corrected chi connectivity index (χ4v) is 3.63. The van der Waals surface area contributed by atoms with Crippen LogP contribution in [-0.2, 0) is 6.54 Å². The SMILES string of the molecule is O=C(NCc1cccs1)c1cc2cc(-c3ccccc3)cc(NCCO)n2n1. The molecule has 3 aromatic heterocycles. The van der Waals surface area contributed by atoms with Crippen LogP contribution in [0.3, 0.4) is 0 Å². The number of thiophene rings is 1. The molecule has 0 aliphatic carbocycles. The standard InChI is InChI=1S/C21H20N4O2S/c26-9-8-22-20-12-16(15-5-2-1-3-6-15)11-17-13-19(24-25(17)20)21(27)23-14-18-7-4-10-28-18/h1-7,10-13,22,26H,8-9,14H2,(H,23,27). The summed E-state index contributed by atoms with van der Waals surface area (Å²) in [6.07, 6.45) is 0. The number of benzene rings is 1. The van der Waals surface area contributed by atoms with Gasteiger partial charge in [-0.1, -0.05) is 36.4 Å². The van der Waals surface area contributed by atoms with E-state index < -0.39 is 0 Å². The number of aliphatic hydroxyl groups is 1. The largest absolute Gasteiger partial charge is 0.395 e. The van der Waals surface area contributed by atoms with Gasteiger partial charge in [-0.2, -0.15) is 5.10 Å². The molecule has 0 radical (unpaired) electrons. The average molecular weight is 392 g/mol. The zero-order valence-electron chi connectivity index (χ0n) is 15.1. The molecule has 0 spiro atoms. The van der Waals surface area contributed by atoms with Crippen molar-refractivity contribution in [1.29, 1.82) is 0 Å². The predicted octanol–water partition coefficient (Wildman–Crippen LogP) is 3.40. The van der Waals surface area contributed by atoms with Crippen LogP contribution in [0.25, 0.3) is 16.6 Å². The van der Waals surface area contributed by atoms with Crippen molar-refractivity contribution in [2.45, 2.75) is 6.54 Å². The molecule has 3 heterocycles. The van der Waals surface area contributed by atoms with Crippen LogP contribution in [-0.4, -0.2) is 33.8 Å². The second-order valence-corrected chi connectivity index (χ2v) is 7.31. The van der Waals surface area contributed by atoms with E-state index in [1.807, 2.05) is 60.0 Å². The maximum absolute atomic E-state index is 12.5. The highest BCUT2D eigenvalue weighted by atomic mass is 32.1. The van der Waals surface area contributed by atoms with Crippen LogP contribution in [0.2, 0.25) is 0 Å². The highest BCUT2D eigenvalue weighted by Gasteiger charge is 2.14. The van der Waals surface area contributed by atoms with Crippen molar-refractivity contribution < 1.29 is 9.90 Å². The molecule has 1 amide bonds. The molecule has 4 rings (SSSR count). The molecule has 0 aliphatic heterocycles. The number of nitrogens with one attached hydrogen (secondary N) is 2. The third kappa shape index (κ3) is 3.90. The van der Waals surface area contributed by atoms with Crippen LogP contribution in [0.5, 0.6) is 0 Å². The van der Waals surface area contributed by atoms with E-state index in [0.717, 1.165) is 27.3 Å². The van der Waals surface area contributed by atoms with Crippen LogP contribution in [0, 0.1) is 0 Å². The first-order valence-electron chi connectivity index (χ1n) is 8.99. The summed E-state index contributed by atoms with van der Waals surface area (Å²) in [5.74, 6) is 0.508. The Balaban J connectivity index is 1.67. The van der Waals surface area contributed by atoms with Crippen molar-refractivity contribution in [2.75, 3.05) is 18.5 Å². The van der Waals surface area contributed by atoms with Gasteiger partial charge in [-0.25, -0.2) is 4.52 Å². The van der Waals surface area contributed by atoms with Gasteiger partial charge in [-0.3, -0.25) is 4.79 Å². The number of anilines is 1. The zero-order valence-corrected chi connectivity index (χ0v) is 15.9. The smallest absolute Gasteiger partial charge is 0.272 e. The second-order valence-electron chi connectivity index (χ2n) is 6.27. The summed E-state index contributed by atoms with van der Waals surface area (Å²) >= 11 is 1.60. The van der Waals surface area contributed by atoms with Crippen LogP contribution in [0.4, 0.5) is 5.82 Å². The van der Waals surface area contributed by atoms with Gasteiger partial charge in [-0.05, 0) is 40.8 Å². The van der Waals surface area contributed by atoms with Gasteiger partial charge >= 0.3 is 0 Å². The fourth-order valence-electron chi connectivity index (χ4n) is 2.99. The molecule has 0 atom stereocenters. The third-order valence-corrected chi connectivity index (χ3v) is 5.20. The summed E-state index contributed by atoms with van der Waals surface area (Å²) in [6.45, 7) is 0.884. The number of carbonyl (C=O) groups is 1. The molecule has 0 saturated heterocycles. The highest BCUT2D eigenvalue weighted by molar-refractivity contribution is 7.09. The molecular weight excluding hydrogens is 372 g/mol. The second kappa shape index (κ2) is 8.24. The topological polar surface area (TPSA) is 78.7 Å². The molecule has 7 heteroatoms. The Morgan fingerprint density at radius 2 is 1.93 bits per heavy atom. The first kappa shape index (κ1) is 18.2. The summed E-state index contributed by atoms with van der Waals surface area (Å²) in [6, 6.07) is 19.7. The Morgan fingerprint density at radius 3 is 2.68 bits per heavy atom. The van der Waals surface area contributed by atoms with E-state index in [-0.39, 0.29) is 12.5 Å². The number of amides is 1. The van der Waals surface area contributed by atoms with E-state index >= 15 is 0 Å². The highest BCUT2D eigenvalue weighted by Crippen LogP contribution is 2.25. The van der Waals surface area contributed by atoms with Crippen molar-refractivity contribution >= 4 is 28.6 Å². The summed E-state index contributed by atoms with van der Waals surface area (Å²) in [7, 11) is 0. The molecule has 1 aromatic carbocycles. The monoisotopic (exact) mass is 392 g/mol. The number of hydrogen-bond donors (Lipinski definition) is 3. The van der Waals surface area contributed by atoms with Crippen molar-refractivity contribution in [2.24, 2.45) is 0 Å². The lowest BCUT2D eigenvalue weighted by Gasteiger charge is -2.10. The molecule has 0 unspecified atom stereocenters. The molecule has 0 fully saturated rings. The molecule has 0 aliphatic rings. The Bertz CT molecular complexity index is 1070. The minimum Gasteiger partial charge on any atom is -0.395 e. The van der Waals surface area contributed by atoms with Gasteiger partial charge in [0.1, 0.15) is 5.82 Å². The van der Waals surface area contributed by atoms with E-state index in [4.69, 9.17) is 0 Å². The van der Waals surface area contributed by atoms with Gasteiger partial charge in [0.2, 0.25) is 0 Å². The predicted molar refractivity (Wildman–Crippen MR) is 112 cm³/mol. The maximum Gasteiger partial charge on any atom is 0.272 e. The minimum atomic E-state index is -0.216. The first-order chi connectivity index (χ1) is 13.7. The molecule has 28 heavy (non-hydrogen) atoms. The first-order valence-corrected chi connectivity index (χ1v) is 9.87. The Morgan fingerprint density at radius 1 is 1.07 bits per heavy atom. The fraction of sp³-hybridized carbons (Fsp3) is 0.143. The van der Waals surface area contributed by atoms with Crippen molar-refractivity contribution in [3.63, 3.8) is 0 Å². The quantitative estimate of drug-likeness (QED) is 0.450. The van der Waals surface area contributed by atoms with E-state index in [9.17, 15) is 9.90 Å². The minimum absolute atomic E-state index is 0.00643. The normalized spacial score (nSPS) is 10.9. The van der Waals surface area contributed by atoms with Crippen molar-refractivity contribution in [3.05, 3.63) is 76.6 Å². The lowest BCUT2D eigenvalue weighted by Crippen LogP contribution is -2.22. The number of fused-ring (bicyclic) bond motifs is 1.